The number of nitrogens with one attached hydrogen (secondary N) is 2. The van der Waals surface area contributed by atoms with Gasteiger partial charge in [-0.25, -0.2) is 4.79 Å². The SMILES string of the molecule is CCC[C@H](NC(=O)[C@H](CC(C)C)NC(=O)c1ccc(-c2ccc(I)cc2)cc1)C(=O)OC. The van der Waals surface area contributed by atoms with Crippen molar-refractivity contribution >= 4 is 40.4 Å². The number of hydrogen-bond donors (Lipinski definition) is 2. The van der Waals surface area contributed by atoms with Gasteiger partial charge in [-0.2, -0.15) is 0 Å². The highest BCUT2D eigenvalue weighted by Crippen LogP contribution is 2.21. The third kappa shape index (κ3) is 7.62. The van der Waals surface area contributed by atoms with Crippen molar-refractivity contribution in [3.05, 3.63) is 57.7 Å². The van der Waals surface area contributed by atoms with Crippen molar-refractivity contribution in [1.82, 2.24) is 10.6 Å². The summed E-state index contributed by atoms with van der Waals surface area (Å²) >= 11 is 2.26. The minimum absolute atomic E-state index is 0.178. The molecule has 2 N–H and O–H groups in total. The number of benzene rings is 2. The van der Waals surface area contributed by atoms with E-state index in [9.17, 15) is 14.4 Å². The number of ether oxygens (including phenoxy) is 1. The minimum Gasteiger partial charge on any atom is -0.467 e. The molecule has 0 aliphatic carbocycles. The summed E-state index contributed by atoms with van der Waals surface area (Å²) in [6.07, 6.45) is 1.65. The predicted octanol–water partition coefficient (Wildman–Crippen LogP) is 4.56. The number of esters is 1. The van der Waals surface area contributed by atoms with Crippen LogP contribution in [0.5, 0.6) is 0 Å². The fraction of sp³-hybridized carbons (Fsp3) is 0.400. The molecule has 0 radical (unpaired) electrons. The molecule has 2 amide bonds. The van der Waals surface area contributed by atoms with Gasteiger partial charge in [-0.05, 0) is 76.7 Å². The standard InChI is InChI=1S/C25H31IN2O4/c1-5-6-21(25(31)32-4)27-24(30)22(15-16(2)3)28-23(29)19-9-7-17(8-10-19)18-11-13-20(26)14-12-18/h7-14,16,21-22H,5-6,15H2,1-4H3,(H,27,30)(H,28,29)/t21-,22-/m0/s1. The van der Waals surface area contributed by atoms with Gasteiger partial charge in [0, 0.05) is 9.13 Å². The highest BCUT2D eigenvalue weighted by molar-refractivity contribution is 14.1. The maximum atomic E-state index is 12.9. The van der Waals surface area contributed by atoms with E-state index in [0.717, 1.165) is 14.7 Å². The Labute approximate surface area is 203 Å². The number of carbonyl (C=O) groups is 3. The Kier molecular flexibility index (Phi) is 10.2. The van der Waals surface area contributed by atoms with Gasteiger partial charge in [0.2, 0.25) is 5.91 Å². The molecule has 0 bridgehead atoms. The van der Waals surface area contributed by atoms with E-state index in [1.807, 2.05) is 57.2 Å². The number of amides is 2. The Morgan fingerprint density at radius 3 is 1.97 bits per heavy atom. The van der Waals surface area contributed by atoms with Crippen LogP contribution in [-0.4, -0.2) is 37.0 Å². The number of methoxy groups -OCH3 is 1. The zero-order chi connectivity index (χ0) is 23.7. The fourth-order valence-corrected chi connectivity index (χ4v) is 3.71. The van der Waals surface area contributed by atoms with Crippen LogP contribution in [0.1, 0.15) is 50.4 Å². The van der Waals surface area contributed by atoms with E-state index in [2.05, 4.69) is 33.2 Å². The van der Waals surface area contributed by atoms with E-state index in [1.165, 1.54) is 7.11 Å². The summed E-state index contributed by atoms with van der Waals surface area (Å²) in [6.45, 7) is 5.88. The highest BCUT2D eigenvalue weighted by Gasteiger charge is 2.27. The normalized spacial score (nSPS) is 12.7. The average Bonchev–Trinajstić information content (AvgIpc) is 2.78. The van der Waals surface area contributed by atoms with E-state index < -0.39 is 18.1 Å². The van der Waals surface area contributed by atoms with Crippen molar-refractivity contribution in [3.63, 3.8) is 0 Å². The van der Waals surface area contributed by atoms with Crippen molar-refractivity contribution < 1.29 is 19.1 Å². The van der Waals surface area contributed by atoms with Gasteiger partial charge >= 0.3 is 5.97 Å². The summed E-state index contributed by atoms with van der Waals surface area (Å²) in [5, 5.41) is 5.57. The Hall–Kier alpha value is -2.42. The van der Waals surface area contributed by atoms with Crippen LogP contribution in [0.25, 0.3) is 11.1 Å². The number of halogens is 1. The topological polar surface area (TPSA) is 84.5 Å². The van der Waals surface area contributed by atoms with Crippen LogP contribution in [0.4, 0.5) is 0 Å². The zero-order valence-electron chi connectivity index (χ0n) is 19.0. The lowest BCUT2D eigenvalue weighted by Crippen LogP contribution is -2.52. The van der Waals surface area contributed by atoms with Gasteiger partial charge in [0.05, 0.1) is 7.11 Å². The van der Waals surface area contributed by atoms with Gasteiger partial charge in [-0.3, -0.25) is 9.59 Å². The predicted molar refractivity (Wildman–Crippen MR) is 134 cm³/mol. The molecular formula is C25H31IN2O4. The lowest BCUT2D eigenvalue weighted by Gasteiger charge is -2.23. The zero-order valence-corrected chi connectivity index (χ0v) is 21.1. The molecule has 0 aliphatic heterocycles. The molecule has 0 unspecified atom stereocenters. The molecule has 2 atom stereocenters. The molecule has 0 spiro atoms. The third-order valence-electron chi connectivity index (χ3n) is 5.03. The van der Waals surface area contributed by atoms with Gasteiger partial charge in [-0.15, -0.1) is 0 Å². The van der Waals surface area contributed by atoms with Gasteiger partial charge < -0.3 is 15.4 Å². The summed E-state index contributed by atoms with van der Waals surface area (Å²) in [5.74, 6) is -1.02. The quantitative estimate of drug-likeness (QED) is 0.336. The number of rotatable bonds is 10. The summed E-state index contributed by atoms with van der Waals surface area (Å²) in [5.41, 5.74) is 2.55. The van der Waals surface area contributed by atoms with Crippen molar-refractivity contribution in [2.75, 3.05) is 7.11 Å². The molecule has 0 aliphatic rings. The van der Waals surface area contributed by atoms with Gasteiger partial charge in [0.15, 0.2) is 0 Å². The second-order valence-corrected chi connectivity index (χ2v) is 9.36. The van der Waals surface area contributed by atoms with E-state index in [-0.39, 0.29) is 17.7 Å². The van der Waals surface area contributed by atoms with E-state index >= 15 is 0 Å². The van der Waals surface area contributed by atoms with Gasteiger partial charge in [-0.1, -0.05) is 51.5 Å². The summed E-state index contributed by atoms with van der Waals surface area (Å²) < 4.78 is 5.95. The number of hydrogen-bond acceptors (Lipinski definition) is 4. The first-order valence-corrected chi connectivity index (χ1v) is 11.9. The van der Waals surface area contributed by atoms with Gasteiger partial charge in [0.25, 0.3) is 5.91 Å². The van der Waals surface area contributed by atoms with E-state index in [1.54, 1.807) is 12.1 Å². The molecule has 2 rings (SSSR count). The highest BCUT2D eigenvalue weighted by atomic mass is 127. The largest absolute Gasteiger partial charge is 0.467 e. The van der Waals surface area contributed by atoms with Crippen LogP contribution < -0.4 is 10.6 Å². The molecule has 0 aromatic heterocycles. The second-order valence-electron chi connectivity index (χ2n) is 8.11. The molecule has 0 saturated heterocycles. The van der Waals surface area contributed by atoms with Crippen LogP contribution in [0, 0.1) is 9.49 Å². The first-order valence-electron chi connectivity index (χ1n) is 10.8. The fourth-order valence-electron chi connectivity index (χ4n) is 3.35. The first kappa shape index (κ1) is 25.8. The molecule has 0 heterocycles. The molecule has 0 fully saturated rings. The minimum atomic E-state index is -0.748. The second kappa shape index (κ2) is 12.6. The Morgan fingerprint density at radius 1 is 0.906 bits per heavy atom. The maximum Gasteiger partial charge on any atom is 0.328 e. The van der Waals surface area contributed by atoms with E-state index in [4.69, 9.17) is 4.74 Å². The third-order valence-corrected chi connectivity index (χ3v) is 5.75. The summed E-state index contributed by atoms with van der Waals surface area (Å²) in [6, 6.07) is 14.0. The Bertz CT molecular complexity index is 911. The van der Waals surface area contributed by atoms with E-state index in [0.29, 0.717) is 24.8 Å². The average molecular weight is 550 g/mol. The van der Waals surface area contributed by atoms with Crippen LogP contribution in [-0.2, 0) is 14.3 Å². The molecular weight excluding hydrogens is 519 g/mol. The molecule has 172 valence electrons. The van der Waals surface area contributed by atoms with Crippen molar-refractivity contribution in [1.29, 1.82) is 0 Å². The lowest BCUT2D eigenvalue weighted by molar-refractivity contribution is -0.145. The van der Waals surface area contributed by atoms with Gasteiger partial charge in [0.1, 0.15) is 12.1 Å². The van der Waals surface area contributed by atoms with Crippen LogP contribution in [0.2, 0.25) is 0 Å². The van der Waals surface area contributed by atoms with Crippen molar-refractivity contribution in [2.24, 2.45) is 5.92 Å². The summed E-state index contributed by atoms with van der Waals surface area (Å²) in [7, 11) is 1.30. The maximum absolute atomic E-state index is 12.9. The molecule has 2 aromatic rings. The number of carbonyl (C=O) groups excluding carboxylic acids is 3. The first-order chi connectivity index (χ1) is 15.2. The Balaban J connectivity index is 2.12. The van der Waals surface area contributed by atoms with Crippen LogP contribution >= 0.6 is 22.6 Å². The molecule has 32 heavy (non-hydrogen) atoms. The molecule has 7 heteroatoms. The smallest absolute Gasteiger partial charge is 0.328 e. The molecule has 6 nitrogen and oxygen atoms in total. The van der Waals surface area contributed by atoms with Crippen molar-refractivity contribution in [2.45, 2.75) is 52.1 Å². The Morgan fingerprint density at radius 2 is 1.47 bits per heavy atom. The molecule has 2 aromatic carbocycles. The van der Waals surface area contributed by atoms with Crippen LogP contribution in [0.3, 0.4) is 0 Å². The monoisotopic (exact) mass is 550 g/mol. The summed E-state index contributed by atoms with van der Waals surface area (Å²) in [4.78, 5) is 37.7. The molecule has 0 saturated carbocycles. The van der Waals surface area contributed by atoms with Crippen molar-refractivity contribution in [3.8, 4) is 11.1 Å². The van der Waals surface area contributed by atoms with Crippen LogP contribution in [0.15, 0.2) is 48.5 Å². The lowest BCUT2D eigenvalue weighted by atomic mass is 10.0.